The Balaban J connectivity index is 1.69. The minimum Gasteiger partial charge on any atom is -0.324 e. The molecule has 3 aromatic rings. The maximum absolute atomic E-state index is 13.1. The number of pyridine rings is 1. The fraction of sp³-hybridized carbons (Fsp3) is 0.364. The molecule has 0 fully saturated rings. The van der Waals surface area contributed by atoms with Gasteiger partial charge in [-0.05, 0) is 62.8 Å². The number of carbonyl (C=O) groups excluding carboxylic acids is 1. The summed E-state index contributed by atoms with van der Waals surface area (Å²) in [6.45, 7) is 3.88. The van der Waals surface area contributed by atoms with Crippen molar-refractivity contribution in [3.8, 4) is 0 Å². The lowest BCUT2D eigenvalue weighted by molar-refractivity contribution is -0.119. The van der Waals surface area contributed by atoms with Crippen LogP contribution in [0.2, 0.25) is 0 Å². The number of anilines is 1. The van der Waals surface area contributed by atoms with Crippen LogP contribution < -0.4 is 10.9 Å². The number of hydrogen-bond donors (Lipinski definition) is 1. The Morgan fingerprint density at radius 2 is 1.96 bits per heavy atom. The van der Waals surface area contributed by atoms with Crippen molar-refractivity contribution >= 4 is 22.6 Å². The Labute approximate surface area is 163 Å². The molecule has 0 saturated heterocycles. The maximum Gasteiger partial charge on any atom is 0.263 e. The molecule has 0 spiro atoms. The van der Waals surface area contributed by atoms with E-state index < -0.39 is 6.04 Å². The molecule has 144 valence electrons. The molecule has 4 rings (SSSR count). The summed E-state index contributed by atoms with van der Waals surface area (Å²) in [5.74, 6) is -0.222. The van der Waals surface area contributed by atoms with E-state index in [4.69, 9.17) is 0 Å². The minimum absolute atomic E-state index is 0.211. The normalized spacial score (nSPS) is 14.5. The Kier molecular flexibility index (Phi) is 4.94. The van der Waals surface area contributed by atoms with Crippen LogP contribution in [0.4, 0.5) is 5.69 Å². The van der Waals surface area contributed by atoms with Gasteiger partial charge in [0.2, 0.25) is 5.91 Å². The van der Waals surface area contributed by atoms with Crippen molar-refractivity contribution in [3.63, 3.8) is 0 Å². The van der Waals surface area contributed by atoms with Crippen LogP contribution >= 0.6 is 0 Å². The zero-order chi connectivity index (χ0) is 19.7. The van der Waals surface area contributed by atoms with E-state index in [1.54, 1.807) is 0 Å². The molecule has 1 aliphatic rings. The second kappa shape index (κ2) is 7.54. The van der Waals surface area contributed by atoms with Gasteiger partial charge in [-0.2, -0.15) is 0 Å². The van der Waals surface area contributed by atoms with Gasteiger partial charge in [0, 0.05) is 11.4 Å². The lowest BCUT2D eigenvalue weighted by atomic mass is 9.95. The van der Waals surface area contributed by atoms with E-state index in [2.05, 4.69) is 15.3 Å². The van der Waals surface area contributed by atoms with Crippen LogP contribution in [0.3, 0.4) is 0 Å². The second-order valence-electron chi connectivity index (χ2n) is 7.41. The van der Waals surface area contributed by atoms with Crippen LogP contribution in [0.25, 0.3) is 11.0 Å². The second-order valence-corrected chi connectivity index (χ2v) is 7.41. The van der Waals surface area contributed by atoms with Crippen molar-refractivity contribution in [2.75, 3.05) is 5.32 Å². The number of fused-ring (bicyclic) bond motifs is 2. The first kappa shape index (κ1) is 18.3. The summed E-state index contributed by atoms with van der Waals surface area (Å²) in [4.78, 5) is 34.9. The zero-order valence-corrected chi connectivity index (χ0v) is 16.2. The molecular weight excluding hydrogens is 352 g/mol. The molecule has 0 radical (unpaired) electrons. The average Bonchev–Trinajstić information content (AvgIpc) is 2.71. The Bertz CT molecular complexity index is 1090. The Morgan fingerprint density at radius 1 is 1.21 bits per heavy atom. The maximum atomic E-state index is 13.1. The summed E-state index contributed by atoms with van der Waals surface area (Å²) >= 11 is 0. The van der Waals surface area contributed by atoms with E-state index >= 15 is 0 Å². The molecular formula is C22H24N4O2. The largest absolute Gasteiger partial charge is 0.324 e. The van der Waals surface area contributed by atoms with Gasteiger partial charge in [0.15, 0.2) is 5.65 Å². The minimum atomic E-state index is -0.623. The fourth-order valence-electron chi connectivity index (χ4n) is 3.78. The van der Waals surface area contributed by atoms with Crippen molar-refractivity contribution < 1.29 is 4.79 Å². The highest BCUT2D eigenvalue weighted by atomic mass is 16.2. The number of aromatic nitrogens is 3. The number of nitrogens with zero attached hydrogens (tertiary/aromatic N) is 3. The predicted octanol–water partition coefficient (Wildman–Crippen LogP) is 3.57. The van der Waals surface area contributed by atoms with Gasteiger partial charge in [0.25, 0.3) is 5.56 Å². The number of hydrogen-bond acceptors (Lipinski definition) is 4. The summed E-state index contributed by atoms with van der Waals surface area (Å²) in [5, 5.41) is 3.39. The lowest BCUT2D eigenvalue weighted by Crippen LogP contribution is -2.33. The highest BCUT2D eigenvalue weighted by Gasteiger charge is 2.22. The van der Waals surface area contributed by atoms with Crippen molar-refractivity contribution in [1.29, 1.82) is 0 Å². The van der Waals surface area contributed by atoms with Gasteiger partial charge in [-0.1, -0.05) is 24.6 Å². The third-order valence-electron chi connectivity index (χ3n) is 5.39. The Morgan fingerprint density at radius 3 is 2.71 bits per heavy atom. The number of carbonyl (C=O) groups is 1. The van der Waals surface area contributed by atoms with Crippen LogP contribution in [0, 0.1) is 6.92 Å². The quantitative estimate of drug-likeness (QED) is 0.755. The molecule has 1 N–H and O–H groups in total. The highest BCUT2D eigenvalue weighted by Crippen LogP contribution is 2.22. The number of amides is 1. The van der Waals surface area contributed by atoms with Gasteiger partial charge in [-0.15, -0.1) is 0 Å². The van der Waals surface area contributed by atoms with Gasteiger partial charge < -0.3 is 5.32 Å². The fourth-order valence-corrected chi connectivity index (χ4v) is 3.78. The molecule has 0 saturated carbocycles. The SMILES string of the molecule is CC[C@@H](C(=O)Nc1ccc(C)cc1)n1cnc2nc3c(cc2c1=O)CCCC3. The first-order valence-electron chi connectivity index (χ1n) is 9.84. The molecule has 2 aromatic heterocycles. The van der Waals surface area contributed by atoms with Gasteiger partial charge in [-0.3, -0.25) is 14.2 Å². The van der Waals surface area contributed by atoms with E-state index in [1.807, 2.05) is 44.2 Å². The molecule has 28 heavy (non-hydrogen) atoms. The highest BCUT2D eigenvalue weighted by molar-refractivity contribution is 5.93. The molecule has 0 bridgehead atoms. The van der Waals surface area contributed by atoms with Gasteiger partial charge in [0.1, 0.15) is 12.4 Å². The van der Waals surface area contributed by atoms with Crippen molar-refractivity contribution in [1.82, 2.24) is 14.5 Å². The third kappa shape index (κ3) is 3.42. The standard InChI is InChI=1S/C22H24N4O2/c1-3-19(21(27)24-16-10-8-14(2)9-11-16)26-13-23-20-17(22(26)28)12-15-6-4-5-7-18(15)25-20/h8-13,19H,3-7H2,1-2H3,(H,24,27)/t19-/m0/s1. The lowest BCUT2D eigenvalue weighted by Gasteiger charge is -2.19. The first-order chi connectivity index (χ1) is 13.6. The van der Waals surface area contributed by atoms with Crippen LogP contribution in [-0.2, 0) is 17.6 Å². The zero-order valence-electron chi connectivity index (χ0n) is 16.2. The number of aryl methyl sites for hydroxylation is 3. The summed E-state index contributed by atoms with van der Waals surface area (Å²) < 4.78 is 1.43. The van der Waals surface area contributed by atoms with Crippen LogP contribution in [-0.4, -0.2) is 20.4 Å². The molecule has 1 atom stereocenters. The van der Waals surface area contributed by atoms with E-state index in [0.29, 0.717) is 23.1 Å². The van der Waals surface area contributed by atoms with Crippen molar-refractivity contribution in [2.45, 2.75) is 52.0 Å². The molecule has 6 heteroatoms. The molecule has 6 nitrogen and oxygen atoms in total. The summed E-state index contributed by atoms with van der Waals surface area (Å²) in [6, 6.07) is 8.90. The van der Waals surface area contributed by atoms with Crippen LogP contribution in [0.15, 0.2) is 41.5 Å². The van der Waals surface area contributed by atoms with E-state index in [0.717, 1.165) is 42.5 Å². The van der Waals surface area contributed by atoms with Crippen molar-refractivity contribution in [3.05, 3.63) is 63.8 Å². The molecule has 0 aliphatic heterocycles. The monoisotopic (exact) mass is 376 g/mol. The van der Waals surface area contributed by atoms with E-state index in [9.17, 15) is 9.59 Å². The molecule has 2 heterocycles. The van der Waals surface area contributed by atoms with E-state index in [1.165, 1.54) is 10.9 Å². The number of benzene rings is 1. The first-order valence-corrected chi connectivity index (χ1v) is 9.84. The smallest absolute Gasteiger partial charge is 0.263 e. The van der Waals surface area contributed by atoms with Crippen LogP contribution in [0.5, 0.6) is 0 Å². The molecule has 0 unspecified atom stereocenters. The number of rotatable bonds is 4. The van der Waals surface area contributed by atoms with Crippen molar-refractivity contribution in [2.24, 2.45) is 0 Å². The summed E-state index contributed by atoms with van der Waals surface area (Å²) in [7, 11) is 0. The average molecular weight is 376 g/mol. The third-order valence-corrected chi connectivity index (χ3v) is 5.39. The predicted molar refractivity (Wildman–Crippen MR) is 110 cm³/mol. The van der Waals surface area contributed by atoms with Gasteiger partial charge >= 0.3 is 0 Å². The van der Waals surface area contributed by atoms with E-state index in [-0.39, 0.29) is 11.5 Å². The topological polar surface area (TPSA) is 76.9 Å². The van der Waals surface area contributed by atoms with Gasteiger partial charge in [0.05, 0.1) is 5.39 Å². The summed E-state index contributed by atoms with van der Waals surface area (Å²) in [6.07, 6.45) is 6.06. The molecule has 1 aromatic carbocycles. The molecule has 1 amide bonds. The van der Waals surface area contributed by atoms with Gasteiger partial charge in [-0.25, -0.2) is 9.97 Å². The number of nitrogens with one attached hydrogen (secondary N) is 1. The molecule has 1 aliphatic carbocycles. The summed E-state index contributed by atoms with van der Waals surface area (Å²) in [5.41, 5.74) is 4.27. The van der Waals surface area contributed by atoms with Crippen LogP contribution in [0.1, 0.15) is 49.0 Å². The Hall–Kier alpha value is -3.02.